The van der Waals surface area contributed by atoms with Crippen molar-refractivity contribution in [3.05, 3.63) is 41.2 Å². The van der Waals surface area contributed by atoms with E-state index in [4.69, 9.17) is 0 Å². The lowest BCUT2D eigenvalue weighted by Crippen LogP contribution is -2.15. The topological polar surface area (TPSA) is 42.7 Å². The van der Waals surface area contributed by atoms with Crippen LogP contribution in [0.3, 0.4) is 0 Å². The molecule has 0 unspecified atom stereocenters. The molecule has 1 heterocycles. The number of aryl methyl sites for hydroxylation is 2. The average Bonchev–Trinajstić information content (AvgIpc) is 2.74. The summed E-state index contributed by atoms with van der Waals surface area (Å²) in [6, 6.07) is 6.35. The minimum atomic E-state index is 0.789. The van der Waals surface area contributed by atoms with Gasteiger partial charge < -0.3 is 5.32 Å². The molecular formula is C13H18N4. The van der Waals surface area contributed by atoms with E-state index in [0.29, 0.717) is 0 Å². The third kappa shape index (κ3) is 2.53. The second-order valence-electron chi connectivity index (χ2n) is 4.21. The van der Waals surface area contributed by atoms with E-state index in [-0.39, 0.29) is 0 Å². The van der Waals surface area contributed by atoms with Crippen molar-refractivity contribution in [2.24, 2.45) is 0 Å². The van der Waals surface area contributed by atoms with Gasteiger partial charge >= 0.3 is 0 Å². The van der Waals surface area contributed by atoms with Crippen LogP contribution in [-0.2, 0) is 6.54 Å². The number of rotatable bonds is 4. The molecule has 2 rings (SSSR count). The van der Waals surface area contributed by atoms with Crippen LogP contribution in [0.25, 0.3) is 5.69 Å². The van der Waals surface area contributed by atoms with E-state index in [2.05, 4.69) is 54.6 Å². The number of hydrogen-bond donors (Lipinski definition) is 1. The third-order valence-corrected chi connectivity index (χ3v) is 2.76. The molecule has 0 aliphatic rings. The lowest BCUT2D eigenvalue weighted by molar-refractivity contribution is 0.671. The summed E-state index contributed by atoms with van der Waals surface area (Å²) < 4.78 is 1.90. The molecule has 0 radical (unpaired) electrons. The monoisotopic (exact) mass is 230 g/mol. The molecule has 0 aliphatic carbocycles. The van der Waals surface area contributed by atoms with Gasteiger partial charge in [-0.1, -0.05) is 29.8 Å². The van der Waals surface area contributed by atoms with Gasteiger partial charge in [-0.3, -0.25) is 0 Å². The summed E-state index contributed by atoms with van der Waals surface area (Å²) in [5, 5.41) is 11.4. The summed E-state index contributed by atoms with van der Waals surface area (Å²) in [6.45, 7) is 8.01. The Hall–Kier alpha value is -1.68. The molecule has 1 aromatic carbocycles. The third-order valence-electron chi connectivity index (χ3n) is 2.76. The van der Waals surface area contributed by atoms with Crippen LogP contribution in [0.5, 0.6) is 0 Å². The number of benzene rings is 1. The average molecular weight is 230 g/mol. The zero-order valence-corrected chi connectivity index (χ0v) is 10.6. The molecule has 1 aromatic heterocycles. The molecule has 2 aromatic rings. The fourth-order valence-electron chi connectivity index (χ4n) is 1.88. The van der Waals surface area contributed by atoms with Crippen molar-refractivity contribution in [1.29, 1.82) is 0 Å². The van der Waals surface area contributed by atoms with Crippen LogP contribution in [-0.4, -0.2) is 21.5 Å². The van der Waals surface area contributed by atoms with Gasteiger partial charge in [-0.05, 0) is 32.0 Å². The molecule has 4 heteroatoms. The Morgan fingerprint density at radius 1 is 1.29 bits per heavy atom. The van der Waals surface area contributed by atoms with Crippen molar-refractivity contribution >= 4 is 0 Å². The molecular weight excluding hydrogens is 212 g/mol. The van der Waals surface area contributed by atoms with Crippen LogP contribution in [0, 0.1) is 13.8 Å². The van der Waals surface area contributed by atoms with Gasteiger partial charge in [-0.15, -0.1) is 5.10 Å². The van der Waals surface area contributed by atoms with E-state index in [0.717, 1.165) is 24.5 Å². The summed E-state index contributed by atoms with van der Waals surface area (Å²) in [4.78, 5) is 0. The lowest BCUT2D eigenvalue weighted by atomic mass is 10.1. The smallest absolute Gasteiger partial charge is 0.0783 e. The Bertz CT molecular complexity index is 502. The molecule has 0 aliphatic heterocycles. The van der Waals surface area contributed by atoms with Gasteiger partial charge in [0.05, 0.1) is 17.6 Å². The molecule has 4 nitrogen and oxygen atoms in total. The highest BCUT2D eigenvalue weighted by Gasteiger charge is 2.07. The highest BCUT2D eigenvalue weighted by Crippen LogP contribution is 2.16. The maximum atomic E-state index is 4.16. The van der Waals surface area contributed by atoms with Crippen molar-refractivity contribution in [2.45, 2.75) is 27.3 Å². The SMILES string of the molecule is CCNCc1cnnn1-c1ccc(C)cc1C. The Morgan fingerprint density at radius 2 is 2.12 bits per heavy atom. The van der Waals surface area contributed by atoms with E-state index >= 15 is 0 Å². The van der Waals surface area contributed by atoms with Crippen molar-refractivity contribution < 1.29 is 0 Å². The number of aromatic nitrogens is 3. The standard InChI is InChI=1S/C13H18N4/c1-4-14-8-12-9-15-16-17(12)13-6-5-10(2)7-11(13)3/h5-7,9,14H,4,8H2,1-3H3. The fraction of sp³-hybridized carbons (Fsp3) is 0.385. The first kappa shape index (κ1) is 11.8. The summed E-state index contributed by atoms with van der Waals surface area (Å²) in [7, 11) is 0. The Morgan fingerprint density at radius 3 is 2.82 bits per heavy atom. The van der Waals surface area contributed by atoms with Gasteiger partial charge in [0.2, 0.25) is 0 Å². The van der Waals surface area contributed by atoms with E-state index < -0.39 is 0 Å². The maximum absolute atomic E-state index is 4.16. The maximum Gasteiger partial charge on any atom is 0.0783 e. The predicted molar refractivity (Wildman–Crippen MR) is 68.2 cm³/mol. The van der Waals surface area contributed by atoms with Crippen molar-refractivity contribution in [1.82, 2.24) is 20.3 Å². The first-order valence-corrected chi connectivity index (χ1v) is 5.90. The summed E-state index contributed by atoms with van der Waals surface area (Å²) in [6.07, 6.45) is 1.81. The van der Waals surface area contributed by atoms with E-state index in [1.165, 1.54) is 11.1 Å². The Balaban J connectivity index is 2.35. The van der Waals surface area contributed by atoms with Crippen LogP contribution in [0.1, 0.15) is 23.7 Å². The second-order valence-corrected chi connectivity index (χ2v) is 4.21. The van der Waals surface area contributed by atoms with Crippen molar-refractivity contribution in [3.63, 3.8) is 0 Å². The van der Waals surface area contributed by atoms with Gasteiger partial charge in [0.25, 0.3) is 0 Å². The van der Waals surface area contributed by atoms with Crippen molar-refractivity contribution in [3.8, 4) is 5.69 Å². The first-order chi connectivity index (χ1) is 8.22. The number of nitrogens with zero attached hydrogens (tertiary/aromatic N) is 3. The van der Waals surface area contributed by atoms with Gasteiger partial charge in [0.15, 0.2) is 0 Å². The largest absolute Gasteiger partial charge is 0.311 e. The quantitative estimate of drug-likeness (QED) is 0.873. The van der Waals surface area contributed by atoms with Crippen LogP contribution in [0.4, 0.5) is 0 Å². The normalized spacial score (nSPS) is 10.8. The molecule has 1 N–H and O–H groups in total. The number of nitrogens with one attached hydrogen (secondary N) is 1. The Kier molecular flexibility index (Phi) is 3.54. The molecule has 0 bridgehead atoms. The molecule has 0 atom stereocenters. The molecule has 0 amide bonds. The molecule has 0 saturated carbocycles. The van der Waals surface area contributed by atoms with E-state index in [9.17, 15) is 0 Å². The number of hydrogen-bond acceptors (Lipinski definition) is 3. The van der Waals surface area contributed by atoms with E-state index in [1.807, 2.05) is 10.9 Å². The highest BCUT2D eigenvalue weighted by molar-refractivity contribution is 5.42. The van der Waals surface area contributed by atoms with Crippen LogP contribution >= 0.6 is 0 Å². The van der Waals surface area contributed by atoms with Crippen LogP contribution < -0.4 is 5.32 Å². The van der Waals surface area contributed by atoms with Gasteiger partial charge in [-0.25, -0.2) is 4.68 Å². The molecule has 17 heavy (non-hydrogen) atoms. The molecule has 0 fully saturated rings. The minimum absolute atomic E-state index is 0.789. The Labute approximate surface area is 102 Å². The molecule has 0 spiro atoms. The van der Waals surface area contributed by atoms with Gasteiger partial charge in [0.1, 0.15) is 0 Å². The summed E-state index contributed by atoms with van der Waals surface area (Å²) >= 11 is 0. The summed E-state index contributed by atoms with van der Waals surface area (Å²) in [5.41, 5.74) is 4.66. The predicted octanol–water partition coefficient (Wildman–Crippen LogP) is 1.99. The minimum Gasteiger partial charge on any atom is -0.311 e. The van der Waals surface area contributed by atoms with Crippen LogP contribution in [0.2, 0.25) is 0 Å². The lowest BCUT2D eigenvalue weighted by Gasteiger charge is -2.10. The summed E-state index contributed by atoms with van der Waals surface area (Å²) in [5.74, 6) is 0. The highest BCUT2D eigenvalue weighted by atomic mass is 15.4. The fourth-order valence-corrected chi connectivity index (χ4v) is 1.88. The molecule has 0 saturated heterocycles. The van der Waals surface area contributed by atoms with Crippen LogP contribution in [0.15, 0.2) is 24.4 Å². The zero-order chi connectivity index (χ0) is 12.3. The van der Waals surface area contributed by atoms with E-state index in [1.54, 1.807) is 0 Å². The van der Waals surface area contributed by atoms with Gasteiger partial charge in [0, 0.05) is 6.54 Å². The first-order valence-electron chi connectivity index (χ1n) is 5.90. The second kappa shape index (κ2) is 5.10. The molecule has 90 valence electrons. The van der Waals surface area contributed by atoms with Gasteiger partial charge in [-0.2, -0.15) is 0 Å². The van der Waals surface area contributed by atoms with Crippen molar-refractivity contribution in [2.75, 3.05) is 6.54 Å². The zero-order valence-electron chi connectivity index (χ0n) is 10.6.